The third-order valence-electron chi connectivity index (χ3n) is 8.23. The molecule has 1 unspecified atom stereocenters. The number of amides is 5. The van der Waals surface area contributed by atoms with Gasteiger partial charge in [-0.15, -0.1) is 0 Å². The number of barbiturate groups is 1. The second-order valence-corrected chi connectivity index (χ2v) is 10.6. The van der Waals surface area contributed by atoms with Crippen LogP contribution in [0.15, 0.2) is 40.9 Å². The largest absolute Gasteiger partial charge is 0.447 e. The van der Waals surface area contributed by atoms with Crippen molar-refractivity contribution < 1.29 is 37.6 Å². The van der Waals surface area contributed by atoms with Gasteiger partial charge in [-0.3, -0.25) is 20.2 Å². The highest BCUT2D eigenvalue weighted by Gasteiger charge is 2.63. The van der Waals surface area contributed by atoms with Crippen molar-refractivity contribution >= 4 is 46.4 Å². The van der Waals surface area contributed by atoms with Crippen LogP contribution in [0.4, 0.5) is 25.5 Å². The maximum Gasteiger partial charge on any atom is 0.416 e. The van der Waals surface area contributed by atoms with Crippen molar-refractivity contribution in [2.24, 2.45) is 5.41 Å². The Labute approximate surface area is 226 Å². The topological polar surface area (TPSA) is 143 Å². The molecule has 2 aromatic carbocycles. The molecule has 0 saturated carbocycles. The molecule has 1 spiro atoms. The van der Waals surface area contributed by atoms with Crippen LogP contribution in [0, 0.1) is 11.2 Å². The molecule has 3 saturated heterocycles. The zero-order valence-electron chi connectivity index (χ0n) is 21.5. The molecule has 3 aromatic rings. The van der Waals surface area contributed by atoms with Gasteiger partial charge in [-0.05, 0) is 31.0 Å². The van der Waals surface area contributed by atoms with Crippen LogP contribution >= 0.6 is 0 Å². The standard InChI is InChI=1S/C27H24FN5O7/c1-12-10-32-19-15(9-27(21(32)13(2)39-12)23(34)29-25(36)30-24(27)35)8-16-20(18(19)28)40-31-22(16)33-17(11-38-26(33)37)14-6-4-3-5-7-14/h3-8,12-13,17,21H,9-11H2,1-2H3,(H2,29,30,34,35,36)/t12-,13+,17-,21?/m1/s1. The fourth-order valence-electron chi connectivity index (χ4n) is 6.69. The second kappa shape index (κ2) is 8.49. The number of hydrogen-bond donors (Lipinski definition) is 2. The van der Waals surface area contributed by atoms with Gasteiger partial charge in [-0.2, -0.15) is 0 Å². The molecule has 40 heavy (non-hydrogen) atoms. The van der Waals surface area contributed by atoms with Gasteiger partial charge in [-0.25, -0.2) is 18.9 Å². The van der Waals surface area contributed by atoms with E-state index in [1.165, 1.54) is 4.90 Å². The van der Waals surface area contributed by atoms with Gasteiger partial charge in [0.2, 0.25) is 17.4 Å². The molecule has 0 aliphatic carbocycles. The summed E-state index contributed by atoms with van der Waals surface area (Å²) in [6, 6.07) is 8.43. The zero-order chi connectivity index (χ0) is 27.9. The molecule has 12 nitrogen and oxygen atoms in total. The lowest BCUT2D eigenvalue weighted by molar-refractivity contribution is -0.153. The highest BCUT2D eigenvalue weighted by molar-refractivity contribution is 6.20. The fraction of sp³-hybridized carbons (Fsp3) is 0.370. The third kappa shape index (κ3) is 3.24. The maximum absolute atomic E-state index is 16.4. The minimum Gasteiger partial charge on any atom is -0.447 e. The molecule has 4 aliphatic heterocycles. The number of carbonyl (C=O) groups excluding carboxylic acids is 4. The molecule has 5 amide bonds. The smallest absolute Gasteiger partial charge is 0.416 e. The van der Waals surface area contributed by atoms with Crippen LogP contribution in [0.3, 0.4) is 0 Å². The monoisotopic (exact) mass is 549 g/mol. The minimum absolute atomic E-state index is 0.0562. The summed E-state index contributed by atoms with van der Waals surface area (Å²) in [7, 11) is 0. The normalized spacial score (nSPS) is 27.4. The number of benzene rings is 2. The van der Waals surface area contributed by atoms with Gasteiger partial charge in [0, 0.05) is 13.0 Å². The molecule has 3 fully saturated rings. The first-order valence-corrected chi connectivity index (χ1v) is 12.9. The Morgan fingerprint density at radius 3 is 2.52 bits per heavy atom. The van der Waals surface area contributed by atoms with Crippen LogP contribution in [-0.2, 0) is 25.5 Å². The van der Waals surface area contributed by atoms with Crippen LogP contribution in [-0.4, -0.2) is 60.5 Å². The summed E-state index contributed by atoms with van der Waals surface area (Å²) in [5.74, 6) is -2.25. The van der Waals surface area contributed by atoms with E-state index in [2.05, 4.69) is 15.8 Å². The van der Waals surface area contributed by atoms with E-state index in [9.17, 15) is 19.2 Å². The maximum atomic E-state index is 16.4. The number of halogens is 1. The summed E-state index contributed by atoms with van der Waals surface area (Å²) < 4.78 is 33.2. The van der Waals surface area contributed by atoms with Crippen LogP contribution in [0.2, 0.25) is 0 Å². The molecule has 1 aromatic heterocycles. The lowest BCUT2D eigenvalue weighted by atomic mass is 9.66. The first kappa shape index (κ1) is 24.5. The van der Waals surface area contributed by atoms with Crippen LogP contribution in [0.5, 0.6) is 0 Å². The highest BCUT2D eigenvalue weighted by Crippen LogP contribution is 2.50. The summed E-state index contributed by atoms with van der Waals surface area (Å²) in [6.45, 7) is 3.76. The number of fused-ring (bicyclic) bond motifs is 5. The molecule has 206 valence electrons. The van der Waals surface area contributed by atoms with E-state index in [0.29, 0.717) is 5.56 Å². The molecular formula is C27H24FN5O7. The number of hydrogen-bond acceptors (Lipinski definition) is 9. The number of anilines is 2. The van der Waals surface area contributed by atoms with Crippen molar-refractivity contribution in [3.8, 4) is 0 Å². The Balaban J connectivity index is 1.42. The Morgan fingerprint density at radius 1 is 1.07 bits per heavy atom. The first-order chi connectivity index (χ1) is 19.2. The van der Waals surface area contributed by atoms with E-state index in [1.807, 2.05) is 37.3 Å². The van der Waals surface area contributed by atoms with E-state index in [4.69, 9.17) is 14.0 Å². The summed E-state index contributed by atoms with van der Waals surface area (Å²) in [4.78, 5) is 54.7. The number of carbonyl (C=O) groups is 4. The number of morpholine rings is 1. The molecule has 2 N–H and O–H groups in total. The van der Waals surface area contributed by atoms with Crippen molar-refractivity contribution in [1.82, 2.24) is 15.8 Å². The van der Waals surface area contributed by atoms with Crippen molar-refractivity contribution in [3.63, 3.8) is 0 Å². The van der Waals surface area contributed by atoms with E-state index >= 15 is 4.39 Å². The number of urea groups is 1. The van der Waals surface area contributed by atoms with E-state index in [0.717, 1.165) is 5.56 Å². The third-order valence-corrected chi connectivity index (χ3v) is 8.23. The molecule has 0 radical (unpaired) electrons. The summed E-state index contributed by atoms with van der Waals surface area (Å²) >= 11 is 0. The van der Waals surface area contributed by atoms with Crippen molar-refractivity contribution in [3.05, 3.63) is 53.3 Å². The van der Waals surface area contributed by atoms with Crippen LogP contribution in [0.25, 0.3) is 11.0 Å². The fourth-order valence-corrected chi connectivity index (χ4v) is 6.69. The average molecular weight is 550 g/mol. The van der Waals surface area contributed by atoms with Crippen molar-refractivity contribution in [2.75, 3.05) is 23.0 Å². The Morgan fingerprint density at radius 2 is 1.80 bits per heavy atom. The summed E-state index contributed by atoms with van der Waals surface area (Å²) in [5.41, 5.74) is -0.669. The number of rotatable bonds is 2. The van der Waals surface area contributed by atoms with E-state index < -0.39 is 53.4 Å². The average Bonchev–Trinajstić information content (AvgIpc) is 3.50. The van der Waals surface area contributed by atoms with E-state index in [1.54, 1.807) is 17.9 Å². The highest BCUT2D eigenvalue weighted by atomic mass is 19.1. The summed E-state index contributed by atoms with van der Waals surface area (Å²) in [6.07, 6.45) is -1.90. The molecular weight excluding hydrogens is 525 g/mol. The number of imide groups is 2. The van der Waals surface area contributed by atoms with Gasteiger partial charge in [0.1, 0.15) is 12.6 Å². The molecule has 0 bridgehead atoms. The quantitative estimate of drug-likeness (QED) is 0.461. The SMILES string of the molecule is C[C@@H]1CN2c3c(cc4c(N5C(=O)OC[C@@H]5c5ccccc5)noc4c3F)CC3(C(=O)NC(=O)NC3=O)C2[C@H](C)O1. The van der Waals surface area contributed by atoms with Gasteiger partial charge < -0.3 is 18.9 Å². The lowest BCUT2D eigenvalue weighted by Gasteiger charge is -2.55. The number of ether oxygens (including phenoxy) is 2. The van der Waals surface area contributed by atoms with Crippen molar-refractivity contribution in [2.45, 2.75) is 44.6 Å². The first-order valence-electron chi connectivity index (χ1n) is 12.9. The number of cyclic esters (lactones) is 1. The number of nitrogens with zero attached hydrogens (tertiary/aromatic N) is 3. The predicted octanol–water partition coefficient (Wildman–Crippen LogP) is 2.56. The predicted molar refractivity (Wildman–Crippen MR) is 136 cm³/mol. The van der Waals surface area contributed by atoms with Gasteiger partial charge in [-0.1, -0.05) is 35.5 Å². The van der Waals surface area contributed by atoms with Gasteiger partial charge in [0.15, 0.2) is 17.1 Å². The Hall–Kier alpha value is -4.52. The van der Waals surface area contributed by atoms with Gasteiger partial charge in [0.05, 0.1) is 29.3 Å². The van der Waals surface area contributed by atoms with Gasteiger partial charge >= 0.3 is 12.1 Å². The number of aromatic nitrogens is 1. The van der Waals surface area contributed by atoms with E-state index in [-0.39, 0.29) is 48.2 Å². The molecule has 7 rings (SSSR count). The van der Waals surface area contributed by atoms with Crippen molar-refractivity contribution in [1.29, 1.82) is 0 Å². The lowest BCUT2D eigenvalue weighted by Crippen LogP contribution is -2.75. The molecule has 5 heterocycles. The molecule has 4 atom stereocenters. The minimum atomic E-state index is -1.78. The van der Waals surface area contributed by atoms with Gasteiger partial charge in [0.25, 0.3) is 0 Å². The summed E-state index contributed by atoms with van der Waals surface area (Å²) in [5, 5.41) is 8.69. The zero-order valence-corrected chi connectivity index (χ0v) is 21.5. The second-order valence-electron chi connectivity index (χ2n) is 10.6. The number of nitrogens with one attached hydrogen (secondary N) is 2. The Kier molecular flexibility index (Phi) is 5.20. The van der Waals surface area contributed by atoms with Crippen LogP contribution in [0.1, 0.15) is 31.0 Å². The van der Waals surface area contributed by atoms with Crippen LogP contribution < -0.4 is 20.4 Å². The Bertz CT molecular complexity index is 1590. The molecule has 13 heteroatoms. The molecule has 4 aliphatic rings.